The van der Waals surface area contributed by atoms with Gasteiger partial charge in [0.05, 0.1) is 30.9 Å². The molecule has 7 heteroatoms. The van der Waals surface area contributed by atoms with Crippen molar-refractivity contribution < 1.29 is 17.6 Å². The second kappa shape index (κ2) is 8.27. The third kappa shape index (κ3) is 5.43. The number of amides is 1. The number of rotatable bonds is 7. The van der Waals surface area contributed by atoms with Crippen molar-refractivity contribution in [3.8, 4) is 0 Å². The molecule has 2 heterocycles. The first kappa shape index (κ1) is 19.6. The summed E-state index contributed by atoms with van der Waals surface area (Å²) in [6.07, 6.45) is 2.14. The molecule has 0 N–H and O–H groups in total. The van der Waals surface area contributed by atoms with Crippen LogP contribution in [0.25, 0.3) is 0 Å². The van der Waals surface area contributed by atoms with Gasteiger partial charge in [0.2, 0.25) is 5.91 Å². The van der Waals surface area contributed by atoms with Crippen molar-refractivity contribution in [1.82, 2.24) is 9.80 Å². The Morgan fingerprint density at radius 2 is 1.93 bits per heavy atom. The lowest BCUT2D eigenvalue weighted by Gasteiger charge is -2.28. The quantitative estimate of drug-likeness (QED) is 0.725. The first-order valence-corrected chi connectivity index (χ1v) is 10.9. The van der Waals surface area contributed by atoms with Crippen LogP contribution in [0.15, 0.2) is 47.1 Å². The van der Waals surface area contributed by atoms with Crippen LogP contribution in [0.3, 0.4) is 0 Å². The molecule has 0 saturated carbocycles. The molecule has 1 amide bonds. The van der Waals surface area contributed by atoms with E-state index in [-0.39, 0.29) is 30.0 Å². The number of furan rings is 1. The number of carbonyl (C=O) groups is 1. The van der Waals surface area contributed by atoms with E-state index >= 15 is 0 Å². The maximum absolute atomic E-state index is 12.8. The van der Waals surface area contributed by atoms with Gasteiger partial charge in [0.15, 0.2) is 9.84 Å². The van der Waals surface area contributed by atoms with Gasteiger partial charge in [-0.1, -0.05) is 29.8 Å². The van der Waals surface area contributed by atoms with E-state index in [0.717, 1.165) is 11.3 Å². The number of likely N-dealkylation sites (N-methyl/N-ethyl adjacent to an activating group) is 1. The molecule has 1 aromatic heterocycles. The van der Waals surface area contributed by atoms with Crippen LogP contribution >= 0.6 is 0 Å². The standard InChI is InChI=1S/C20H26N2O4S/c1-16-5-7-17(8-6-16)12-21(2)20(23)14-22(13-19-4-3-10-26-19)18-9-11-27(24,25)15-18/h3-8,10,18H,9,11-15H2,1-2H3. The Balaban J connectivity index is 1.66. The molecule has 1 aliphatic heterocycles. The normalized spacial score (nSPS) is 18.7. The van der Waals surface area contributed by atoms with Crippen LogP contribution in [0.4, 0.5) is 0 Å². The Hall–Kier alpha value is -2.12. The lowest BCUT2D eigenvalue weighted by atomic mass is 10.1. The summed E-state index contributed by atoms with van der Waals surface area (Å²) in [5.74, 6) is 0.974. The van der Waals surface area contributed by atoms with Crippen LogP contribution in [-0.2, 0) is 27.7 Å². The summed E-state index contributed by atoms with van der Waals surface area (Å²) < 4.78 is 29.2. The van der Waals surface area contributed by atoms with E-state index in [1.54, 1.807) is 24.3 Å². The molecular weight excluding hydrogens is 364 g/mol. The molecule has 0 aliphatic carbocycles. The summed E-state index contributed by atoms with van der Waals surface area (Å²) in [6, 6.07) is 11.6. The summed E-state index contributed by atoms with van der Waals surface area (Å²) in [4.78, 5) is 16.4. The van der Waals surface area contributed by atoms with Gasteiger partial charge in [0.1, 0.15) is 5.76 Å². The van der Waals surface area contributed by atoms with Crippen LogP contribution in [0.1, 0.15) is 23.3 Å². The topological polar surface area (TPSA) is 70.8 Å². The molecule has 1 saturated heterocycles. The zero-order chi connectivity index (χ0) is 19.4. The fraction of sp³-hybridized carbons (Fsp3) is 0.450. The third-order valence-corrected chi connectivity index (χ3v) is 6.72. The van der Waals surface area contributed by atoms with E-state index in [2.05, 4.69) is 0 Å². The minimum Gasteiger partial charge on any atom is -0.468 e. The highest BCUT2D eigenvalue weighted by molar-refractivity contribution is 7.91. The van der Waals surface area contributed by atoms with Gasteiger partial charge < -0.3 is 9.32 Å². The third-order valence-electron chi connectivity index (χ3n) is 4.97. The average molecular weight is 391 g/mol. The van der Waals surface area contributed by atoms with Crippen molar-refractivity contribution in [2.24, 2.45) is 0 Å². The van der Waals surface area contributed by atoms with Gasteiger partial charge in [-0.3, -0.25) is 9.69 Å². The molecule has 27 heavy (non-hydrogen) atoms. The van der Waals surface area contributed by atoms with E-state index in [4.69, 9.17) is 4.42 Å². The molecule has 0 spiro atoms. The fourth-order valence-electron chi connectivity index (χ4n) is 3.33. The van der Waals surface area contributed by atoms with Crippen molar-refractivity contribution >= 4 is 15.7 Å². The first-order valence-electron chi connectivity index (χ1n) is 9.09. The van der Waals surface area contributed by atoms with Gasteiger partial charge in [-0.25, -0.2) is 8.42 Å². The van der Waals surface area contributed by atoms with Gasteiger partial charge in [-0.2, -0.15) is 0 Å². The highest BCUT2D eigenvalue weighted by Crippen LogP contribution is 2.20. The smallest absolute Gasteiger partial charge is 0.236 e. The van der Waals surface area contributed by atoms with E-state index in [1.165, 1.54) is 5.56 Å². The minimum atomic E-state index is -3.03. The maximum Gasteiger partial charge on any atom is 0.236 e. The van der Waals surface area contributed by atoms with Gasteiger partial charge in [0.25, 0.3) is 0 Å². The van der Waals surface area contributed by atoms with Crippen molar-refractivity contribution in [1.29, 1.82) is 0 Å². The number of hydrogen-bond acceptors (Lipinski definition) is 5. The highest BCUT2D eigenvalue weighted by Gasteiger charge is 2.33. The molecule has 3 rings (SSSR count). The summed E-state index contributed by atoms with van der Waals surface area (Å²) in [5.41, 5.74) is 2.25. The molecule has 1 atom stereocenters. The molecule has 1 unspecified atom stereocenters. The van der Waals surface area contributed by atoms with Crippen molar-refractivity contribution in [2.45, 2.75) is 32.5 Å². The molecule has 1 aliphatic rings. The zero-order valence-electron chi connectivity index (χ0n) is 15.8. The molecule has 0 radical (unpaired) electrons. The number of carbonyl (C=O) groups excluding carboxylic acids is 1. The predicted octanol–water partition coefficient (Wildman–Crippen LogP) is 2.24. The Kier molecular flexibility index (Phi) is 6.01. The summed E-state index contributed by atoms with van der Waals surface area (Å²) >= 11 is 0. The monoisotopic (exact) mass is 390 g/mol. The van der Waals surface area contributed by atoms with E-state index in [0.29, 0.717) is 19.5 Å². The second-order valence-corrected chi connectivity index (χ2v) is 9.51. The lowest BCUT2D eigenvalue weighted by molar-refractivity contribution is -0.132. The average Bonchev–Trinajstić information content (AvgIpc) is 3.25. The lowest BCUT2D eigenvalue weighted by Crippen LogP contribution is -2.43. The van der Waals surface area contributed by atoms with E-state index in [9.17, 15) is 13.2 Å². The molecule has 1 fully saturated rings. The van der Waals surface area contributed by atoms with Crippen LogP contribution in [0, 0.1) is 6.92 Å². The van der Waals surface area contributed by atoms with Crippen LogP contribution in [0.2, 0.25) is 0 Å². The molecule has 146 valence electrons. The molecule has 2 aromatic rings. The van der Waals surface area contributed by atoms with Crippen LogP contribution < -0.4 is 0 Å². The summed E-state index contributed by atoms with van der Waals surface area (Å²) in [6.45, 7) is 3.15. The maximum atomic E-state index is 12.8. The van der Waals surface area contributed by atoms with Gasteiger partial charge in [0, 0.05) is 19.6 Å². The number of aryl methyl sites for hydroxylation is 1. The van der Waals surface area contributed by atoms with Crippen molar-refractivity contribution in [3.05, 3.63) is 59.5 Å². The highest BCUT2D eigenvalue weighted by atomic mass is 32.2. The molecule has 0 bridgehead atoms. The van der Waals surface area contributed by atoms with Crippen molar-refractivity contribution in [2.75, 3.05) is 25.1 Å². The van der Waals surface area contributed by atoms with E-state index in [1.807, 2.05) is 42.2 Å². The molecular formula is C20H26N2O4S. The Morgan fingerprint density at radius 3 is 2.52 bits per heavy atom. The van der Waals surface area contributed by atoms with Crippen LogP contribution in [0.5, 0.6) is 0 Å². The second-order valence-electron chi connectivity index (χ2n) is 7.28. The Labute approximate surface area is 160 Å². The number of hydrogen-bond donors (Lipinski definition) is 0. The van der Waals surface area contributed by atoms with Crippen LogP contribution in [-0.4, -0.2) is 55.3 Å². The number of sulfone groups is 1. The van der Waals surface area contributed by atoms with Gasteiger partial charge in [-0.15, -0.1) is 0 Å². The first-order chi connectivity index (χ1) is 12.8. The number of nitrogens with zero attached hydrogens (tertiary/aromatic N) is 2. The van der Waals surface area contributed by atoms with Gasteiger partial charge >= 0.3 is 0 Å². The Morgan fingerprint density at radius 1 is 1.19 bits per heavy atom. The Bertz CT molecular complexity index is 860. The zero-order valence-corrected chi connectivity index (χ0v) is 16.6. The van der Waals surface area contributed by atoms with Gasteiger partial charge in [-0.05, 0) is 31.0 Å². The fourth-order valence-corrected chi connectivity index (χ4v) is 5.09. The molecule has 6 nitrogen and oxygen atoms in total. The SMILES string of the molecule is Cc1ccc(CN(C)C(=O)CN(Cc2ccco2)C2CCS(=O)(=O)C2)cc1. The largest absolute Gasteiger partial charge is 0.468 e. The summed E-state index contributed by atoms with van der Waals surface area (Å²) in [5, 5.41) is 0. The summed E-state index contributed by atoms with van der Waals surface area (Å²) in [7, 11) is -1.25. The predicted molar refractivity (Wildman–Crippen MR) is 104 cm³/mol. The number of benzene rings is 1. The minimum absolute atomic E-state index is 0.0357. The van der Waals surface area contributed by atoms with E-state index < -0.39 is 9.84 Å². The van der Waals surface area contributed by atoms with Crippen molar-refractivity contribution in [3.63, 3.8) is 0 Å². The molecule has 1 aromatic carbocycles.